The van der Waals surface area contributed by atoms with Crippen molar-refractivity contribution in [3.05, 3.63) is 0 Å². The molecule has 1 heteroatoms. The first-order chi connectivity index (χ1) is 6.24. The lowest BCUT2D eigenvalue weighted by atomic mass is 9.92. The van der Waals surface area contributed by atoms with E-state index in [9.17, 15) is 0 Å². The number of hydrogen-bond acceptors (Lipinski definition) is 1. The molecule has 0 bridgehead atoms. The average molecular weight is 183 g/mol. The molecule has 0 radical (unpaired) electrons. The van der Waals surface area contributed by atoms with Gasteiger partial charge in [0.2, 0.25) is 0 Å². The summed E-state index contributed by atoms with van der Waals surface area (Å²) in [6.07, 6.45) is 7.23. The van der Waals surface area contributed by atoms with Crippen LogP contribution in [0.15, 0.2) is 0 Å². The van der Waals surface area contributed by atoms with Crippen molar-refractivity contribution in [2.75, 3.05) is 6.54 Å². The van der Waals surface area contributed by atoms with E-state index in [0.29, 0.717) is 6.04 Å². The van der Waals surface area contributed by atoms with Crippen LogP contribution in [-0.4, -0.2) is 12.6 Å². The second kappa shape index (κ2) is 5.64. The standard InChI is InChI=1S/C12H25N/c1-4-6-11-7-5-8-12(11)9-13-10(2)3/h10-13H,4-9H2,1-3H3. The zero-order valence-electron chi connectivity index (χ0n) is 9.47. The molecule has 0 aromatic carbocycles. The topological polar surface area (TPSA) is 12.0 Å². The summed E-state index contributed by atoms with van der Waals surface area (Å²) in [5, 5.41) is 3.58. The third-order valence-corrected chi connectivity index (χ3v) is 3.26. The second-order valence-corrected chi connectivity index (χ2v) is 4.80. The minimum Gasteiger partial charge on any atom is -0.314 e. The van der Waals surface area contributed by atoms with E-state index >= 15 is 0 Å². The van der Waals surface area contributed by atoms with Gasteiger partial charge in [0.1, 0.15) is 0 Å². The summed E-state index contributed by atoms with van der Waals surface area (Å²) in [7, 11) is 0. The third kappa shape index (κ3) is 3.68. The monoisotopic (exact) mass is 183 g/mol. The zero-order chi connectivity index (χ0) is 9.68. The van der Waals surface area contributed by atoms with Crippen molar-refractivity contribution >= 4 is 0 Å². The molecule has 78 valence electrons. The van der Waals surface area contributed by atoms with Gasteiger partial charge in [0.15, 0.2) is 0 Å². The van der Waals surface area contributed by atoms with Gasteiger partial charge in [-0.05, 0) is 24.8 Å². The fourth-order valence-electron chi connectivity index (χ4n) is 2.52. The van der Waals surface area contributed by atoms with Crippen LogP contribution in [-0.2, 0) is 0 Å². The highest BCUT2D eigenvalue weighted by Gasteiger charge is 2.25. The highest BCUT2D eigenvalue weighted by molar-refractivity contribution is 4.79. The van der Waals surface area contributed by atoms with Crippen molar-refractivity contribution < 1.29 is 0 Å². The van der Waals surface area contributed by atoms with Crippen molar-refractivity contribution in [2.24, 2.45) is 11.8 Å². The molecule has 2 unspecified atom stereocenters. The van der Waals surface area contributed by atoms with Crippen molar-refractivity contribution in [2.45, 2.75) is 58.9 Å². The minimum absolute atomic E-state index is 0.655. The minimum atomic E-state index is 0.655. The molecule has 1 nitrogen and oxygen atoms in total. The first-order valence-corrected chi connectivity index (χ1v) is 5.97. The Labute approximate surface area is 83.3 Å². The Balaban J connectivity index is 2.22. The van der Waals surface area contributed by atoms with Gasteiger partial charge in [0.05, 0.1) is 0 Å². The van der Waals surface area contributed by atoms with Crippen LogP contribution in [0, 0.1) is 11.8 Å². The Kier molecular flexibility index (Phi) is 4.79. The van der Waals surface area contributed by atoms with Crippen molar-refractivity contribution in [1.29, 1.82) is 0 Å². The number of hydrogen-bond donors (Lipinski definition) is 1. The fourth-order valence-corrected chi connectivity index (χ4v) is 2.52. The molecule has 0 heterocycles. The van der Waals surface area contributed by atoms with E-state index in [1.165, 1.54) is 38.6 Å². The lowest BCUT2D eigenvalue weighted by Crippen LogP contribution is -2.30. The lowest BCUT2D eigenvalue weighted by molar-refractivity contribution is 0.336. The Bertz CT molecular complexity index is 131. The maximum Gasteiger partial charge on any atom is 0.00104 e. The van der Waals surface area contributed by atoms with Gasteiger partial charge in [-0.25, -0.2) is 0 Å². The molecular formula is C12H25N. The molecule has 0 saturated heterocycles. The molecule has 1 rings (SSSR count). The summed E-state index contributed by atoms with van der Waals surface area (Å²) in [4.78, 5) is 0. The second-order valence-electron chi connectivity index (χ2n) is 4.80. The molecule has 0 spiro atoms. The highest BCUT2D eigenvalue weighted by atomic mass is 14.9. The molecule has 1 fully saturated rings. The van der Waals surface area contributed by atoms with Gasteiger partial charge in [-0.2, -0.15) is 0 Å². The van der Waals surface area contributed by atoms with Crippen LogP contribution in [0.3, 0.4) is 0 Å². The SMILES string of the molecule is CCCC1CCCC1CNC(C)C. The van der Waals surface area contributed by atoms with Crippen molar-refractivity contribution in [1.82, 2.24) is 5.32 Å². The molecule has 1 aliphatic rings. The zero-order valence-corrected chi connectivity index (χ0v) is 9.47. The number of nitrogens with one attached hydrogen (secondary N) is 1. The van der Waals surface area contributed by atoms with Crippen LogP contribution in [0.1, 0.15) is 52.9 Å². The Morgan fingerprint density at radius 3 is 2.54 bits per heavy atom. The summed E-state index contributed by atoms with van der Waals surface area (Å²) in [5.74, 6) is 2.00. The Hall–Kier alpha value is -0.0400. The summed E-state index contributed by atoms with van der Waals surface area (Å²) in [6, 6.07) is 0.655. The first-order valence-electron chi connectivity index (χ1n) is 5.97. The van der Waals surface area contributed by atoms with Crippen LogP contribution in [0.2, 0.25) is 0 Å². The highest BCUT2D eigenvalue weighted by Crippen LogP contribution is 2.34. The molecule has 13 heavy (non-hydrogen) atoms. The van der Waals surface area contributed by atoms with E-state index in [-0.39, 0.29) is 0 Å². The van der Waals surface area contributed by atoms with E-state index in [2.05, 4.69) is 26.1 Å². The van der Waals surface area contributed by atoms with E-state index < -0.39 is 0 Å². The van der Waals surface area contributed by atoms with E-state index in [1.807, 2.05) is 0 Å². The Morgan fingerprint density at radius 1 is 1.23 bits per heavy atom. The summed E-state index contributed by atoms with van der Waals surface area (Å²) >= 11 is 0. The maximum atomic E-state index is 3.58. The predicted molar refractivity (Wildman–Crippen MR) is 58.9 cm³/mol. The van der Waals surface area contributed by atoms with Crippen LogP contribution >= 0.6 is 0 Å². The average Bonchev–Trinajstić information content (AvgIpc) is 2.49. The van der Waals surface area contributed by atoms with Crippen LogP contribution < -0.4 is 5.32 Å². The van der Waals surface area contributed by atoms with Gasteiger partial charge in [-0.1, -0.05) is 46.5 Å². The van der Waals surface area contributed by atoms with E-state index in [1.54, 1.807) is 0 Å². The van der Waals surface area contributed by atoms with E-state index in [0.717, 1.165) is 11.8 Å². The molecule has 1 N–H and O–H groups in total. The summed E-state index contributed by atoms with van der Waals surface area (Å²) < 4.78 is 0. The molecular weight excluding hydrogens is 158 g/mol. The summed E-state index contributed by atoms with van der Waals surface area (Å²) in [6.45, 7) is 8.04. The molecule has 2 atom stereocenters. The van der Waals surface area contributed by atoms with Gasteiger partial charge in [0.25, 0.3) is 0 Å². The molecule has 1 aliphatic carbocycles. The van der Waals surface area contributed by atoms with Crippen molar-refractivity contribution in [3.63, 3.8) is 0 Å². The molecule has 0 amide bonds. The quantitative estimate of drug-likeness (QED) is 0.690. The lowest BCUT2D eigenvalue weighted by Gasteiger charge is -2.20. The first kappa shape index (κ1) is 11.0. The molecule has 0 aromatic heterocycles. The van der Waals surface area contributed by atoms with E-state index in [4.69, 9.17) is 0 Å². The normalized spacial score (nSPS) is 28.6. The van der Waals surface area contributed by atoms with Crippen LogP contribution in [0.4, 0.5) is 0 Å². The van der Waals surface area contributed by atoms with Gasteiger partial charge in [-0.15, -0.1) is 0 Å². The van der Waals surface area contributed by atoms with Crippen LogP contribution in [0.5, 0.6) is 0 Å². The molecule has 0 aromatic rings. The summed E-state index contributed by atoms with van der Waals surface area (Å²) in [5.41, 5.74) is 0. The smallest absolute Gasteiger partial charge is 0.00104 e. The number of rotatable bonds is 5. The predicted octanol–water partition coefficient (Wildman–Crippen LogP) is 3.20. The van der Waals surface area contributed by atoms with Gasteiger partial charge >= 0.3 is 0 Å². The van der Waals surface area contributed by atoms with Gasteiger partial charge in [0, 0.05) is 6.04 Å². The van der Waals surface area contributed by atoms with Crippen molar-refractivity contribution in [3.8, 4) is 0 Å². The largest absolute Gasteiger partial charge is 0.314 e. The molecule has 0 aliphatic heterocycles. The van der Waals surface area contributed by atoms with Crippen LogP contribution in [0.25, 0.3) is 0 Å². The van der Waals surface area contributed by atoms with Gasteiger partial charge in [-0.3, -0.25) is 0 Å². The fraction of sp³-hybridized carbons (Fsp3) is 1.00. The third-order valence-electron chi connectivity index (χ3n) is 3.26. The molecule has 1 saturated carbocycles. The Morgan fingerprint density at radius 2 is 1.92 bits per heavy atom. The van der Waals surface area contributed by atoms with Gasteiger partial charge < -0.3 is 5.32 Å². The maximum absolute atomic E-state index is 3.58.